The second-order valence-corrected chi connectivity index (χ2v) is 4.22. The number of hydrogen-bond donors (Lipinski definition) is 2. The van der Waals surface area contributed by atoms with Crippen LogP contribution in [0.4, 0.5) is 0 Å². The van der Waals surface area contributed by atoms with Crippen molar-refractivity contribution in [2.45, 2.75) is 19.4 Å². The van der Waals surface area contributed by atoms with Crippen LogP contribution in [0.3, 0.4) is 0 Å². The quantitative estimate of drug-likeness (QED) is 0.471. The molecule has 0 saturated carbocycles. The number of rotatable bonds is 6. The lowest BCUT2D eigenvalue weighted by Crippen LogP contribution is -2.31. The highest BCUT2D eigenvalue weighted by molar-refractivity contribution is 6.42. The summed E-state index contributed by atoms with van der Waals surface area (Å²) in [5.41, 5.74) is 3.53. The minimum Gasteiger partial charge on any atom is -0.379 e. The van der Waals surface area contributed by atoms with E-state index in [2.05, 4.69) is 12.3 Å². The van der Waals surface area contributed by atoms with E-state index in [0.29, 0.717) is 23.3 Å². The number of benzene rings is 1. The normalized spacial score (nSPS) is 12.8. The van der Waals surface area contributed by atoms with Crippen LogP contribution in [0.2, 0.25) is 10.0 Å². The van der Waals surface area contributed by atoms with Gasteiger partial charge in [0.25, 0.3) is 0 Å². The average molecular weight is 263 g/mol. The van der Waals surface area contributed by atoms with E-state index < -0.39 is 0 Å². The zero-order valence-electron chi connectivity index (χ0n) is 9.17. The Kier molecular flexibility index (Phi) is 6.09. The van der Waals surface area contributed by atoms with Gasteiger partial charge in [-0.3, -0.25) is 11.3 Å². The van der Waals surface area contributed by atoms with Crippen molar-refractivity contribution in [3.05, 3.63) is 33.8 Å². The Morgan fingerprint density at radius 1 is 1.44 bits per heavy atom. The lowest BCUT2D eigenvalue weighted by atomic mass is 10.1. The Morgan fingerprint density at radius 2 is 2.19 bits per heavy atom. The van der Waals surface area contributed by atoms with Crippen LogP contribution in [0, 0.1) is 0 Å². The second-order valence-electron chi connectivity index (χ2n) is 3.44. The van der Waals surface area contributed by atoms with Gasteiger partial charge in [-0.1, -0.05) is 42.3 Å². The average Bonchev–Trinajstić information content (AvgIpc) is 2.29. The summed E-state index contributed by atoms with van der Waals surface area (Å²) < 4.78 is 5.44. The smallest absolute Gasteiger partial charge is 0.0708 e. The van der Waals surface area contributed by atoms with Gasteiger partial charge in [0.2, 0.25) is 0 Å². The molecule has 0 aliphatic carbocycles. The molecule has 0 amide bonds. The number of ether oxygens (including phenoxy) is 1. The van der Waals surface area contributed by atoms with Crippen molar-refractivity contribution in [1.82, 2.24) is 5.43 Å². The van der Waals surface area contributed by atoms with Crippen LogP contribution in [0.1, 0.15) is 24.9 Å². The first-order chi connectivity index (χ1) is 7.70. The fourth-order valence-electron chi connectivity index (χ4n) is 1.36. The van der Waals surface area contributed by atoms with E-state index in [9.17, 15) is 0 Å². The van der Waals surface area contributed by atoms with Crippen molar-refractivity contribution in [1.29, 1.82) is 0 Å². The summed E-state index contributed by atoms with van der Waals surface area (Å²) in [7, 11) is 0. The van der Waals surface area contributed by atoms with E-state index in [1.807, 2.05) is 12.1 Å². The number of nitrogens with two attached hydrogens (primary N) is 1. The van der Waals surface area contributed by atoms with Crippen molar-refractivity contribution < 1.29 is 4.74 Å². The van der Waals surface area contributed by atoms with Crippen LogP contribution in [-0.4, -0.2) is 13.2 Å². The third-order valence-corrected chi connectivity index (χ3v) is 3.02. The molecule has 0 spiro atoms. The number of halogens is 2. The molecule has 0 bridgehead atoms. The first-order valence-electron chi connectivity index (χ1n) is 5.18. The predicted octanol–water partition coefficient (Wildman–Crippen LogP) is 2.92. The highest BCUT2D eigenvalue weighted by Gasteiger charge is 2.14. The maximum absolute atomic E-state index is 6.10. The summed E-state index contributed by atoms with van der Waals surface area (Å²) in [4.78, 5) is 0. The lowest BCUT2D eigenvalue weighted by molar-refractivity contribution is 0.112. The molecule has 0 aliphatic heterocycles. The summed E-state index contributed by atoms with van der Waals surface area (Å²) in [5.74, 6) is 5.47. The topological polar surface area (TPSA) is 47.3 Å². The zero-order chi connectivity index (χ0) is 12.0. The third-order valence-electron chi connectivity index (χ3n) is 2.19. The monoisotopic (exact) mass is 262 g/mol. The summed E-state index contributed by atoms with van der Waals surface area (Å²) in [5, 5.41) is 1.04. The molecule has 5 heteroatoms. The van der Waals surface area contributed by atoms with Crippen molar-refractivity contribution in [3.8, 4) is 0 Å². The fraction of sp³-hybridized carbons (Fsp3) is 0.455. The molecule has 0 saturated heterocycles. The van der Waals surface area contributed by atoms with Gasteiger partial charge in [-0.25, -0.2) is 0 Å². The molecule has 0 fully saturated rings. The van der Waals surface area contributed by atoms with Crippen LogP contribution < -0.4 is 11.3 Å². The van der Waals surface area contributed by atoms with Crippen LogP contribution in [-0.2, 0) is 4.74 Å². The van der Waals surface area contributed by atoms with E-state index in [1.165, 1.54) is 0 Å². The van der Waals surface area contributed by atoms with E-state index in [1.54, 1.807) is 6.07 Å². The van der Waals surface area contributed by atoms with Crippen molar-refractivity contribution >= 4 is 23.2 Å². The van der Waals surface area contributed by atoms with E-state index in [4.69, 9.17) is 33.8 Å². The molecule has 1 atom stereocenters. The molecule has 0 aromatic heterocycles. The van der Waals surface area contributed by atoms with E-state index in [0.717, 1.165) is 12.0 Å². The zero-order valence-corrected chi connectivity index (χ0v) is 10.7. The van der Waals surface area contributed by atoms with Crippen LogP contribution in [0.15, 0.2) is 18.2 Å². The maximum atomic E-state index is 6.10. The third kappa shape index (κ3) is 3.61. The van der Waals surface area contributed by atoms with Crippen molar-refractivity contribution in [3.63, 3.8) is 0 Å². The standard InChI is InChI=1S/C11H16Cl2N2O/c1-2-6-16-7-10(15-14)8-4-3-5-9(12)11(8)13/h3-5,10,15H,2,6-7,14H2,1H3. The van der Waals surface area contributed by atoms with Gasteiger partial charge in [0.15, 0.2) is 0 Å². The molecule has 1 aromatic rings. The Balaban J connectivity index is 2.74. The van der Waals surface area contributed by atoms with Gasteiger partial charge in [0, 0.05) is 6.61 Å². The molecular formula is C11H16Cl2N2O. The van der Waals surface area contributed by atoms with E-state index >= 15 is 0 Å². The summed E-state index contributed by atoms with van der Waals surface area (Å²) in [6.45, 7) is 3.23. The lowest BCUT2D eigenvalue weighted by Gasteiger charge is -2.18. The number of nitrogens with one attached hydrogen (secondary N) is 1. The van der Waals surface area contributed by atoms with Crippen LogP contribution in [0.5, 0.6) is 0 Å². The SMILES string of the molecule is CCCOCC(NN)c1cccc(Cl)c1Cl. The molecule has 3 nitrogen and oxygen atoms in total. The minimum absolute atomic E-state index is 0.141. The molecule has 3 N–H and O–H groups in total. The van der Waals surface area contributed by atoms with Crippen molar-refractivity contribution in [2.24, 2.45) is 5.84 Å². The molecule has 1 rings (SSSR count). The first-order valence-corrected chi connectivity index (χ1v) is 5.94. The Bertz CT molecular complexity index is 334. The minimum atomic E-state index is -0.141. The summed E-state index contributed by atoms with van der Waals surface area (Å²) in [6.07, 6.45) is 0.973. The highest BCUT2D eigenvalue weighted by atomic mass is 35.5. The molecule has 1 unspecified atom stereocenters. The first kappa shape index (κ1) is 13.7. The molecule has 16 heavy (non-hydrogen) atoms. The maximum Gasteiger partial charge on any atom is 0.0708 e. The fourth-order valence-corrected chi connectivity index (χ4v) is 1.80. The van der Waals surface area contributed by atoms with Gasteiger partial charge in [-0.15, -0.1) is 0 Å². The number of hydrazine groups is 1. The predicted molar refractivity (Wildman–Crippen MR) is 67.6 cm³/mol. The van der Waals surface area contributed by atoms with Gasteiger partial charge in [0.1, 0.15) is 0 Å². The summed E-state index contributed by atoms with van der Waals surface area (Å²) in [6, 6.07) is 5.33. The molecule has 0 aliphatic rings. The Hall–Kier alpha value is -0.320. The molecule has 1 aromatic carbocycles. The largest absolute Gasteiger partial charge is 0.379 e. The highest BCUT2D eigenvalue weighted by Crippen LogP contribution is 2.29. The van der Waals surface area contributed by atoms with E-state index in [-0.39, 0.29) is 6.04 Å². The van der Waals surface area contributed by atoms with Gasteiger partial charge < -0.3 is 4.74 Å². The van der Waals surface area contributed by atoms with Gasteiger partial charge in [-0.05, 0) is 18.1 Å². The van der Waals surface area contributed by atoms with Crippen molar-refractivity contribution in [2.75, 3.05) is 13.2 Å². The van der Waals surface area contributed by atoms with Gasteiger partial charge in [-0.2, -0.15) is 0 Å². The van der Waals surface area contributed by atoms with Crippen LogP contribution in [0.25, 0.3) is 0 Å². The number of hydrogen-bond acceptors (Lipinski definition) is 3. The van der Waals surface area contributed by atoms with Crippen LogP contribution >= 0.6 is 23.2 Å². The molecule has 0 radical (unpaired) electrons. The Labute approximate surface area is 106 Å². The molecule has 0 heterocycles. The van der Waals surface area contributed by atoms with Gasteiger partial charge >= 0.3 is 0 Å². The van der Waals surface area contributed by atoms with Gasteiger partial charge in [0.05, 0.1) is 22.7 Å². The molecule has 90 valence electrons. The summed E-state index contributed by atoms with van der Waals surface area (Å²) >= 11 is 12.0. The molecular weight excluding hydrogens is 247 g/mol. The Morgan fingerprint density at radius 3 is 2.81 bits per heavy atom. The second kappa shape index (κ2) is 7.09.